The lowest BCUT2D eigenvalue weighted by Gasteiger charge is -2.28. The van der Waals surface area contributed by atoms with Crippen LogP contribution in [0.25, 0.3) is 0 Å². The van der Waals surface area contributed by atoms with Gasteiger partial charge in [0.25, 0.3) is 0 Å². The summed E-state index contributed by atoms with van der Waals surface area (Å²) in [5.74, 6) is 0.660. The zero-order valence-corrected chi connectivity index (χ0v) is 11.7. The largest absolute Gasteiger partial charge is 0.311 e. The first-order valence-corrected chi connectivity index (χ1v) is 6.29. The first kappa shape index (κ1) is 14.1. The van der Waals surface area contributed by atoms with Crippen molar-refractivity contribution in [3.63, 3.8) is 0 Å². The minimum Gasteiger partial charge on any atom is -0.311 e. The second-order valence-electron chi connectivity index (χ2n) is 5.21. The maximum absolute atomic E-state index is 4.16. The van der Waals surface area contributed by atoms with Gasteiger partial charge in [-0.05, 0) is 44.1 Å². The molecule has 1 aromatic rings. The van der Waals surface area contributed by atoms with Crippen LogP contribution in [0.1, 0.15) is 25.0 Å². The number of pyridine rings is 1. The van der Waals surface area contributed by atoms with Crippen molar-refractivity contribution in [1.29, 1.82) is 0 Å². The van der Waals surface area contributed by atoms with Gasteiger partial charge in [0, 0.05) is 31.5 Å². The lowest BCUT2D eigenvalue weighted by atomic mass is 10.0. The Kier molecular flexibility index (Phi) is 5.59. The number of aromatic nitrogens is 1. The van der Waals surface area contributed by atoms with E-state index in [0.29, 0.717) is 12.0 Å². The molecular weight excluding hydrogens is 210 g/mol. The molecule has 1 unspecified atom stereocenters. The lowest BCUT2D eigenvalue weighted by Crippen LogP contribution is -2.41. The van der Waals surface area contributed by atoms with Crippen molar-refractivity contribution in [2.24, 2.45) is 5.92 Å². The molecule has 96 valence electrons. The standard InChI is InChI=1S/C14H25N3/c1-11(2)14(17(4)5)10-16-9-13-8-15-7-6-12(13)3/h6-8,11,14,16H,9-10H2,1-5H3. The Balaban J connectivity index is 2.44. The maximum Gasteiger partial charge on any atom is 0.0315 e. The number of nitrogens with zero attached hydrogens (tertiary/aromatic N) is 2. The number of likely N-dealkylation sites (N-methyl/N-ethyl adjacent to an activating group) is 1. The minimum absolute atomic E-state index is 0.576. The van der Waals surface area contributed by atoms with Crippen molar-refractivity contribution in [2.45, 2.75) is 33.4 Å². The van der Waals surface area contributed by atoms with Gasteiger partial charge in [0.15, 0.2) is 0 Å². The summed E-state index contributed by atoms with van der Waals surface area (Å²) in [5, 5.41) is 3.52. The molecule has 1 N–H and O–H groups in total. The minimum atomic E-state index is 0.576. The summed E-state index contributed by atoms with van der Waals surface area (Å²) in [6.45, 7) is 8.57. The third-order valence-corrected chi connectivity index (χ3v) is 3.25. The molecule has 3 nitrogen and oxygen atoms in total. The van der Waals surface area contributed by atoms with Crippen molar-refractivity contribution >= 4 is 0 Å². The average Bonchev–Trinajstić information content (AvgIpc) is 2.25. The van der Waals surface area contributed by atoms with Crippen LogP contribution in [0, 0.1) is 12.8 Å². The Morgan fingerprint density at radius 2 is 2.06 bits per heavy atom. The fourth-order valence-corrected chi connectivity index (χ4v) is 2.05. The van der Waals surface area contributed by atoms with Gasteiger partial charge < -0.3 is 10.2 Å². The van der Waals surface area contributed by atoms with Crippen molar-refractivity contribution in [1.82, 2.24) is 15.2 Å². The van der Waals surface area contributed by atoms with E-state index in [2.05, 4.69) is 56.1 Å². The lowest BCUT2D eigenvalue weighted by molar-refractivity contribution is 0.224. The fourth-order valence-electron chi connectivity index (χ4n) is 2.05. The Hall–Kier alpha value is -0.930. The highest BCUT2D eigenvalue weighted by molar-refractivity contribution is 5.20. The molecule has 0 bridgehead atoms. The van der Waals surface area contributed by atoms with Crippen LogP contribution in [0.2, 0.25) is 0 Å². The predicted molar refractivity (Wildman–Crippen MR) is 73.0 cm³/mol. The fraction of sp³-hybridized carbons (Fsp3) is 0.643. The molecule has 0 aliphatic carbocycles. The highest BCUT2D eigenvalue weighted by Gasteiger charge is 2.14. The van der Waals surface area contributed by atoms with Crippen LogP contribution >= 0.6 is 0 Å². The normalized spacial score (nSPS) is 13.4. The Morgan fingerprint density at radius 3 is 2.59 bits per heavy atom. The smallest absolute Gasteiger partial charge is 0.0315 e. The molecular formula is C14H25N3. The van der Waals surface area contributed by atoms with Crippen LogP contribution in [0.4, 0.5) is 0 Å². The highest BCUT2D eigenvalue weighted by Crippen LogP contribution is 2.08. The van der Waals surface area contributed by atoms with Crippen LogP contribution in [-0.4, -0.2) is 36.6 Å². The Labute approximate surface area is 105 Å². The molecule has 3 heteroatoms. The topological polar surface area (TPSA) is 28.2 Å². The second-order valence-corrected chi connectivity index (χ2v) is 5.21. The molecule has 0 spiro atoms. The van der Waals surface area contributed by atoms with Crippen LogP contribution in [-0.2, 0) is 6.54 Å². The first-order chi connectivity index (χ1) is 8.02. The van der Waals surface area contributed by atoms with Crippen LogP contribution < -0.4 is 5.32 Å². The first-order valence-electron chi connectivity index (χ1n) is 6.29. The molecule has 0 saturated heterocycles. The van der Waals surface area contributed by atoms with Gasteiger partial charge in [-0.25, -0.2) is 0 Å². The predicted octanol–water partition coefficient (Wildman–Crippen LogP) is 2.07. The van der Waals surface area contributed by atoms with E-state index in [-0.39, 0.29) is 0 Å². The van der Waals surface area contributed by atoms with Gasteiger partial charge in [0.2, 0.25) is 0 Å². The summed E-state index contributed by atoms with van der Waals surface area (Å²) in [4.78, 5) is 6.45. The molecule has 0 fully saturated rings. The second kappa shape index (κ2) is 6.72. The monoisotopic (exact) mass is 235 g/mol. The SMILES string of the molecule is Cc1ccncc1CNCC(C(C)C)N(C)C. The van der Waals surface area contributed by atoms with Gasteiger partial charge in [-0.2, -0.15) is 0 Å². The molecule has 0 aliphatic rings. The Morgan fingerprint density at radius 1 is 1.35 bits per heavy atom. The number of hydrogen-bond acceptors (Lipinski definition) is 3. The van der Waals surface area contributed by atoms with E-state index in [9.17, 15) is 0 Å². The van der Waals surface area contributed by atoms with E-state index in [1.165, 1.54) is 11.1 Å². The van der Waals surface area contributed by atoms with Gasteiger partial charge in [0.05, 0.1) is 0 Å². The molecule has 0 radical (unpaired) electrons. The maximum atomic E-state index is 4.16. The average molecular weight is 235 g/mol. The molecule has 1 aromatic heterocycles. The van der Waals surface area contributed by atoms with E-state index >= 15 is 0 Å². The van der Waals surface area contributed by atoms with Crippen molar-refractivity contribution in [2.75, 3.05) is 20.6 Å². The zero-order valence-electron chi connectivity index (χ0n) is 11.7. The number of nitrogens with one attached hydrogen (secondary N) is 1. The van der Waals surface area contributed by atoms with Crippen molar-refractivity contribution in [3.8, 4) is 0 Å². The van der Waals surface area contributed by atoms with E-state index in [1.54, 1.807) is 0 Å². The molecule has 0 aromatic carbocycles. The molecule has 0 aliphatic heterocycles. The van der Waals surface area contributed by atoms with E-state index in [4.69, 9.17) is 0 Å². The number of rotatable bonds is 6. The van der Waals surface area contributed by atoms with E-state index < -0.39 is 0 Å². The summed E-state index contributed by atoms with van der Waals surface area (Å²) >= 11 is 0. The molecule has 1 atom stereocenters. The molecule has 1 rings (SSSR count). The molecule has 0 saturated carbocycles. The summed E-state index contributed by atoms with van der Waals surface area (Å²) in [7, 11) is 4.28. The third-order valence-electron chi connectivity index (χ3n) is 3.25. The van der Waals surface area contributed by atoms with Gasteiger partial charge in [-0.1, -0.05) is 13.8 Å². The quantitative estimate of drug-likeness (QED) is 0.818. The summed E-state index contributed by atoms with van der Waals surface area (Å²) in [6, 6.07) is 2.63. The van der Waals surface area contributed by atoms with Crippen LogP contribution in [0.15, 0.2) is 18.5 Å². The van der Waals surface area contributed by atoms with Gasteiger partial charge in [-0.15, -0.1) is 0 Å². The van der Waals surface area contributed by atoms with Gasteiger partial charge >= 0.3 is 0 Å². The van der Waals surface area contributed by atoms with Crippen molar-refractivity contribution < 1.29 is 0 Å². The van der Waals surface area contributed by atoms with Crippen molar-refractivity contribution in [3.05, 3.63) is 29.6 Å². The Bertz CT molecular complexity index is 326. The van der Waals surface area contributed by atoms with Gasteiger partial charge in [0.1, 0.15) is 0 Å². The molecule has 1 heterocycles. The highest BCUT2D eigenvalue weighted by atomic mass is 15.1. The summed E-state index contributed by atoms with van der Waals surface area (Å²) in [5.41, 5.74) is 2.59. The van der Waals surface area contributed by atoms with Crippen LogP contribution in [0.3, 0.4) is 0 Å². The third kappa shape index (κ3) is 4.44. The zero-order chi connectivity index (χ0) is 12.8. The molecule has 17 heavy (non-hydrogen) atoms. The number of hydrogen-bond donors (Lipinski definition) is 1. The van der Waals surface area contributed by atoms with Gasteiger partial charge in [-0.3, -0.25) is 4.98 Å². The van der Waals surface area contributed by atoms with Crippen LogP contribution in [0.5, 0.6) is 0 Å². The summed E-state index contributed by atoms with van der Waals surface area (Å²) in [6.07, 6.45) is 3.79. The van der Waals surface area contributed by atoms with E-state index in [1.807, 2.05) is 12.4 Å². The summed E-state index contributed by atoms with van der Waals surface area (Å²) < 4.78 is 0. The molecule has 0 amide bonds. The number of aryl methyl sites for hydroxylation is 1. The van der Waals surface area contributed by atoms with E-state index in [0.717, 1.165) is 13.1 Å².